The van der Waals surface area contributed by atoms with E-state index in [2.05, 4.69) is 15.8 Å². The topological polar surface area (TPSA) is 154 Å². The van der Waals surface area contributed by atoms with E-state index in [1.54, 1.807) is 12.1 Å². The van der Waals surface area contributed by atoms with Crippen LogP contribution in [0, 0.1) is 0 Å². The number of anilines is 2. The number of hydrogen-bond donors (Lipinski definition) is 3. The molecule has 3 aromatic rings. The number of carbonyl (C=O) groups excluding carboxylic acids is 2. The number of nitrogens with one attached hydrogen (secondary N) is 2. The number of amides is 2. The van der Waals surface area contributed by atoms with Gasteiger partial charge in [0.05, 0.1) is 29.5 Å². The Morgan fingerprint density at radius 1 is 0.973 bits per heavy atom. The van der Waals surface area contributed by atoms with Crippen molar-refractivity contribution in [3.05, 3.63) is 83.9 Å². The fraction of sp³-hybridized carbons (Fsp3) is 0.120. The molecule has 0 unspecified atom stereocenters. The number of rotatable bonds is 10. The average molecular weight is 525 g/mol. The first-order chi connectivity index (χ1) is 17.6. The third-order valence-corrected chi connectivity index (χ3v) is 6.76. The number of carbonyl (C=O) groups is 3. The smallest absolute Gasteiger partial charge is 0.335 e. The zero-order valence-electron chi connectivity index (χ0n) is 19.9. The van der Waals surface area contributed by atoms with E-state index in [9.17, 15) is 22.8 Å². The van der Waals surface area contributed by atoms with Crippen LogP contribution in [-0.2, 0) is 19.6 Å². The zero-order chi connectivity index (χ0) is 27.0. The van der Waals surface area contributed by atoms with Crippen molar-refractivity contribution >= 4 is 45.4 Å². The summed E-state index contributed by atoms with van der Waals surface area (Å²) in [5, 5.41) is 15.4. The van der Waals surface area contributed by atoms with Crippen molar-refractivity contribution in [1.82, 2.24) is 5.43 Å². The molecule has 0 aliphatic heterocycles. The second kappa shape index (κ2) is 11.8. The van der Waals surface area contributed by atoms with E-state index in [0.717, 1.165) is 4.31 Å². The number of aromatic carboxylic acids is 1. The van der Waals surface area contributed by atoms with Gasteiger partial charge in [0, 0.05) is 12.6 Å². The number of sulfonamides is 1. The van der Waals surface area contributed by atoms with Gasteiger partial charge in [-0.25, -0.2) is 18.6 Å². The summed E-state index contributed by atoms with van der Waals surface area (Å²) in [4.78, 5) is 34.8. The lowest BCUT2D eigenvalue weighted by molar-refractivity contribution is -0.119. The maximum absolute atomic E-state index is 13.5. The third kappa shape index (κ3) is 7.15. The molecule has 0 bridgehead atoms. The number of ether oxygens (including phenoxy) is 1. The summed E-state index contributed by atoms with van der Waals surface area (Å²) in [5.74, 6) is -1.58. The monoisotopic (exact) mass is 524 g/mol. The van der Waals surface area contributed by atoms with E-state index in [0.29, 0.717) is 17.0 Å². The molecule has 0 saturated heterocycles. The molecular weight excluding hydrogens is 500 g/mol. The van der Waals surface area contributed by atoms with Crippen LogP contribution in [0.2, 0.25) is 0 Å². The van der Waals surface area contributed by atoms with E-state index in [1.165, 1.54) is 80.9 Å². The van der Waals surface area contributed by atoms with Gasteiger partial charge in [-0.3, -0.25) is 13.9 Å². The van der Waals surface area contributed by atoms with Crippen LogP contribution in [0.3, 0.4) is 0 Å². The highest BCUT2D eigenvalue weighted by Crippen LogP contribution is 2.26. The molecule has 3 rings (SSSR count). The Kier molecular flexibility index (Phi) is 8.59. The van der Waals surface area contributed by atoms with Crippen LogP contribution >= 0.6 is 0 Å². The van der Waals surface area contributed by atoms with Crippen molar-refractivity contribution in [3.8, 4) is 5.75 Å². The Bertz CT molecular complexity index is 1400. The molecule has 0 aromatic heterocycles. The van der Waals surface area contributed by atoms with Crippen molar-refractivity contribution in [3.63, 3.8) is 0 Å². The number of carboxylic acids is 1. The van der Waals surface area contributed by atoms with E-state index >= 15 is 0 Å². The molecule has 37 heavy (non-hydrogen) atoms. The van der Waals surface area contributed by atoms with Crippen LogP contribution in [0.25, 0.3) is 0 Å². The fourth-order valence-electron chi connectivity index (χ4n) is 3.16. The van der Waals surface area contributed by atoms with Gasteiger partial charge in [-0.15, -0.1) is 0 Å². The summed E-state index contributed by atoms with van der Waals surface area (Å²) in [5.41, 5.74) is 3.56. The molecule has 2 amide bonds. The maximum Gasteiger partial charge on any atom is 0.335 e. The van der Waals surface area contributed by atoms with Gasteiger partial charge in [-0.2, -0.15) is 5.10 Å². The van der Waals surface area contributed by atoms with Gasteiger partial charge in [-0.1, -0.05) is 12.1 Å². The van der Waals surface area contributed by atoms with Gasteiger partial charge in [0.1, 0.15) is 12.3 Å². The summed E-state index contributed by atoms with van der Waals surface area (Å²) in [6.07, 6.45) is 1.30. The van der Waals surface area contributed by atoms with Crippen molar-refractivity contribution in [2.24, 2.45) is 5.10 Å². The van der Waals surface area contributed by atoms with E-state index in [4.69, 9.17) is 9.84 Å². The first-order valence-corrected chi connectivity index (χ1v) is 12.2. The predicted molar refractivity (Wildman–Crippen MR) is 137 cm³/mol. The fourth-order valence-corrected chi connectivity index (χ4v) is 4.58. The number of methoxy groups -OCH3 is 1. The van der Waals surface area contributed by atoms with Crippen molar-refractivity contribution in [2.75, 3.05) is 23.3 Å². The molecule has 0 aliphatic rings. The van der Waals surface area contributed by atoms with E-state index in [1.807, 2.05) is 0 Å². The van der Waals surface area contributed by atoms with Gasteiger partial charge < -0.3 is 15.2 Å². The first kappa shape index (κ1) is 26.9. The summed E-state index contributed by atoms with van der Waals surface area (Å²) in [6, 6.07) is 17.5. The summed E-state index contributed by atoms with van der Waals surface area (Å²) in [7, 11) is -2.72. The van der Waals surface area contributed by atoms with Gasteiger partial charge in [0.25, 0.3) is 15.9 Å². The largest absolute Gasteiger partial charge is 0.497 e. The minimum Gasteiger partial charge on any atom is -0.497 e. The number of hydrogen-bond acceptors (Lipinski definition) is 7. The Balaban J connectivity index is 1.82. The molecule has 0 atom stereocenters. The highest BCUT2D eigenvalue weighted by Gasteiger charge is 2.27. The van der Waals surface area contributed by atoms with Crippen LogP contribution in [0.1, 0.15) is 22.8 Å². The number of benzene rings is 3. The molecule has 3 N–H and O–H groups in total. The molecule has 0 aliphatic carbocycles. The average Bonchev–Trinajstić information content (AvgIpc) is 2.87. The maximum atomic E-state index is 13.5. The second-order valence-electron chi connectivity index (χ2n) is 7.64. The number of nitrogens with zero attached hydrogens (tertiary/aromatic N) is 2. The van der Waals surface area contributed by atoms with Crippen LogP contribution < -0.4 is 19.8 Å². The number of hydrazone groups is 1. The SMILES string of the molecule is COc1ccc(N(CC(=O)N/N=C\c2ccc(C(=O)O)cc2)S(=O)(=O)c2ccc(NC(C)=O)cc2)cc1. The molecule has 0 spiro atoms. The third-order valence-electron chi connectivity index (χ3n) is 4.97. The van der Waals surface area contributed by atoms with Crippen LogP contribution in [0.5, 0.6) is 5.75 Å². The molecular formula is C25H24N4O7S. The molecule has 12 heteroatoms. The van der Waals surface area contributed by atoms with Gasteiger partial charge in [0.2, 0.25) is 5.91 Å². The lowest BCUT2D eigenvalue weighted by Gasteiger charge is -2.24. The summed E-state index contributed by atoms with van der Waals surface area (Å²) < 4.78 is 33.0. The summed E-state index contributed by atoms with van der Waals surface area (Å²) in [6.45, 7) is 0.750. The van der Waals surface area contributed by atoms with Crippen LogP contribution in [0.15, 0.2) is 82.8 Å². The molecule has 192 valence electrons. The van der Waals surface area contributed by atoms with Crippen molar-refractivity contribution < 1.29 is 32.6 Å². The highest BCUT2D eigenvalue weighted by molar-refractivity contribution is 7.92. The Morgan fingerprint density at radius 2 is 1.59 bits per heavy atom. The Morgan fingerprint density at radius 3 is 2.14 bits per heavy atom. The zero-order valence-corrected chi connectivity index (χ0v) is 20.7. The summed E-state index contributed by atoms with van der Waals surface area (Å²) >= 11 is 0. The highest BCUT2D eigenvalue weighted by atomic mass is 32.2. The van der Waals surface area contributed by atoms with Crippen LogP contribution in [-0.4, -0.2) is 51.2 Å². The van der Waals surface area contributed by atoms with Gasteiger partial charge in [-0.05, 0) is 66.2 Å². The lowest BCUT2D eigenvalue weighted by Crippen LogP contribution is -2.39. The van der Waals surface area contributed by atoms with E-state index in [-0.39, 0.29) is 22.1 Å². The van der Waals surface area contributed by atoms with Crippen molar-refractivity contribution in [2.45, 2.75) is 11.8 Å². The minimum absolute atomic E-state index is 0.0905. The van der Waals surface area contributed by atoms with Gasteiger partial charge in [0.15, 0.2) is 0 Å². The molecule has 11 nitrogen and oxygen atoms in total. The molecule has 0 heterocycles. The minimum atomic E-state index is -4.19. The van der Waals surface area contributed by atoms with Crippen LogP contribution in [0.4, 0.5) is 11.4 Å². The normalized spacial score (nSPS) is 11.1. The Labute approximate surface area is 213 Å². The van der Waals surface area contributed by atoms with Gasteiger partial charge >= 0.3 is 5.97 Å². The second-order valence-corrected chi connectivity index (χ2v) is 9.50. The quantitative estimate of drug-likeness (QED) is 0.272. The molecule has 3 aromatic carbocycles. The molecule has 0 radical (unpaired) electrons. The van der Waals surface area contributed by atoms with Crippen molar-refractivity contribution in [1.29, 1.82) is 0 Å². The molecule has 0 saturated carbocycles. The lowest BCUT2D eigenvalue weighted by atomic mass is 10.1. The first-order valence-electron chi connectivity index (χ1n) is 10.8. The standard InChI is InChI=1S/C25H24N4O7S/c1-17(30)27-20-7-13-23(14-8-20)37(34,35)29(21-9-11-22(36-2)12-10-21)16-24(31)28-26-15-18-3-5-19(6-4-18)25(32)33/h3-15H,16H2,1-2H3,(H,27,30)(H,28,31)(H,32,33)/b26-15-. The Hall–Kier alpha value is -4.71. The molecule has 0 fully saturated rings. The van der Waals surface area contributed by atoms with E-state index < -0.39 is 28.4 Å². The number of carboxylic acid groups (broad SMARTS) is 1. The predicted octanol–water partition coefficient (Wildman–Crippen LogP) is 2.70.